The average molecular weight is 291 g/mol. The first-order valence-electron chi connectivity index (χ1n) is 7.64. The Balaban J connectivity index is 1.98. The van der Waals surface area contributed by atoms with Crippen molar-refractivity contribution in [2.24, 2.45) is 11.1 Å². The molecule has 0 aromatic heterocycles. The van der Waals surface area contributed by atoms with Crippen LogP contribution in [-0.4, -0.2) is 23.7 Å². The predicted octanol–water partition coefficient (Wildman–Crippen LogP) is 3.49. The maximum atomic E-state index is 14.0. The third-order valence-electron chi connectivity index (χ3n) is 4.83. The van der Waals surface area contributed by atoms with E-state index in [0.717, 1.165) is 43.8 Å². The summed E-state index contributed by atoms with van der Waals surface area (Å²) in [6, 6.07) is 5.10. The van der Waals surface area contributed by atoms with Crippen molar-refractivity contribution in [2.75, 3.05) is 13.1 Å². The highest BCUT2D eigenvalue weighted by atomic mass is 19.1. The highest BCUT2D eigenvalue weighted by molar-refractivity contribution is 5.84. The van der Waals surface area contributed by atoms with Crippen molar-refractivity contribution >= 4 is 5.71 Å². The molecule has 2 rings (SSSR count). The Bertz CT molecular complexity index is 517. The summed E-state index contributed by atoms with van der Waals surface area (Å²) in [7, 11) is 0. The van der Waals surface area contributed by atoms with Gasteiger partial charge in [-0.3, -0.25) is 4.90 Å². The second kappa shape index (κ2) is 6.24. The quantitative estimate of drug-likeness (QED) is 0.834. The molecule has 3 N–H and O–H groups in total. The molecule has 1 aromatic rings. The molecule has 21 heavy (non-hydrogen) atoms. The molecule has 1 atom stereocenters. The molecule has 0 unspecified atom stereocenters. The Kier molecular flexibility index (Phi) is 4.79. The van der Waals surface area contributed by atoms with Crippen LogP contribution < -0.4 is 5.73 Å². The molecule has 1 aromatic carbocycles. The lowest BCUT2D eigenvalue weighted by Gasteiger charge is -2.39. The molecule has 116 valence electrons. The largest absolute Gasteiger partial charge is 0.324 e. The Hall–Kier alpha value is -1.26. The number of nitrogens with two attached hydrogens (primary N) is 1. The molecule has 1 heterocycles. The average Bonchev–Trinajstić information content (AvgIpc) is 2.41. The predicted molar refractivity (Wildman–Crippen MR) is 85.0 cm³/mol. The third-order valence-corrected chi connectivity index (χ3v) is 4.83. The SMILES string of the molecule is CC(=N)C1(C)CCN(Cc2ccc([C@H](C)N)c(F)c2)CC1. The van der Waals surface area contributed by atoms with Gasteiger partial charge in [0.15, 0.2) is 0 Å². The van der Waals surface area contributed by atoms with E-state index in [1.54, 1.807) is 19.1 Å². The van der Waals surface area contributed by atoms with Crippen LogP contribution in [0.15, 0.2) is 18.2 Å². The minimum absolute atomic E-state index is 0.0423. The van der Waals surface area contributed by atoms with E-state index >= 15 is 0 Å². The maximum absolute atomic E-state index is 14.0. The van der Waals surface area contributed by atoms with Crippen LogP contribution in [0, 0.1) is 16.6 Å². The van der Waals surface area contributed by atoms with Crippen LogP contribution in [0.5, 0.6) is 0 Å². The highest BCUT2D eigenvalue weighted by Gasteiger charge is 2.31. The molecule has 0 spiro atoms. The van der Waals surface area contributed by atoms with Crippen molar-refractivity contribution in [3.8, 4) is 0 Å². The number of rotatable bonds is 4. The molecule has 1 fully saturated rings. The van der Waals surface area contributed by atoms with E-state index in [1.807, 2.05) is 13.0 Å². The number of piperidine rings is 1. The van der Waals surface area contributed by atoms with Crippen LogP contribution in [0.3, 0.4) is 0 Å². The van der Waals surface area contributed by atoms with Crippen LogP contribution in [0.4, 0.5) is 4.39 Å². The van der Waals surface area contributed by atoms with Crippen LogP contribution in [0.2, 0.25) is 0 Å². The third kappa shape index (κ3) is 3.69. The lowest BCUT2D eigenvalue weighted by molar-refractivity contribution is 0.156. The summed E-state index contributed by atoms with van der Waals surface area (Å²) in [5.74, 6) is -0.209. The Labute approximate surface area is 126 Å². The first kappa shape index (κ1) is 16.1. The number of likely N-dealkylation sites (tertiary alicyclic amines) is 1. The standard InChI is InChI=1S/C17H26FN3/c1-12(19)15-5-4-14(10-16(15)18)11-21-8-6-17(3,7-9-21)13(2)20/h4-5,10,12,20H,6-9,11,19H2,1-3H3/t12-/m0/s1. The van der Waals surface area contributed by atoms with E-state index in [0.29, 0.717) is 5.56 Å². The van der Waals surface area contributed by atoms with Crippen molar-refractivity contribution < 1.29 is 4.39 Å². The second-order valence-electron chi connectivity index (χ2n) is 6.61. The molecule has 1 aliphatic heterocycles. The van der Waals surface area contributed by atoms with E-state index < -0.39 is 0 Å². The molecule has 4 heteroatoms. The van der Waals surface area contributed by atoms with Gasteiger partial charge in [0.2, 0.25) is 0 Å². The van der Waals surface area contributed by atoms with Gasteiger partial charge in [0.25, 0.3) is 0 Å². The van der Waals surface area contributed by atoms with Gasteiger partial charge >= 0.3 is 0 Å². The molecule has 3 nitrogen and oxygen atoms in total. The number of hydrogen-bond acceptors (Lipinski definition) is 3. The first-order valence-corrected chi connectivity index (χ1v) is 7.64. The fourth-order valence-electron chi connectivity index (χ4n) is 2.88. The van der Waals surface area contributed by atoms with Gasteiger partial charge in [-0.2, -0.15) is 0 Å². The number of benzene rings is 1. The zero-order valence-electron chi connectivity index (χ0n) is 13.2. The molecule has 1 saturated heterocycles. The normalized spacial score (nSPS) is 20.2. The van der Waals surface area contributed by atoms with Crippen molar-refractivity contribution in [1.29, 1.82) is 5.41 Å². The van der Waals surface area contributed by atoms with E-state index in [2.05, 4.69) is 11.8 Å². The smallest absolute Gasteiger partial charge is 0.128 e. The zero-order chi connectivity index (χ0) is 15.6. The molecule has 0 radical (unpaired) electrons. The second-order valence-corrected chi connectivity index (χ2v) is 6.61. The molecule has 0 saturated carbocycles. The van der Waals surface area contributed by atoms with Crippen LogP contribution in [0.25, 0.3) is 0 Å². The van der Waals surface area contributed by atoms with Gasteiger partial charge in [-0.15, -0.1) is 0 Å². The monoisotopic (exact) mass is 291 g/mol. The lowest BCUT2D eigenvalue weighted by Crippen LogP contribution is -2.41. The first-order chi connectivity index (χ1) is 9.82. The van der Waals surface area contributed by atoms with Gasteiger partial charge in [0.1, 0.15) is 5.82 Å². The van der Waals surface area contributed by atoms with Gasteiger partial charge in [-0.1, -0.05) is 19.1 Å². The fourth-order valence-corrected chi connectivity index (χ4v) is 2.88. The van der Waals surface area contributed by atoms with Gasteiger partial charge in [0.05, 0.1) is 0 Å². The molecular formula is C17H26FN3. The van der Waals surface area contributed by atoms with Crippen molar-refractivity contribution in [3.05, 3.63) is 35.1 Å². The summed E-state index contributed by atoms with van der Waals surface area (Å²) in [6.45, 7) is 8.56. The number of nitrogens with zero attached hydrogens (tertiary/aromatic N) is 1. The van der Waals surface area contributed by atoms with Gasteiger partial charge < -0.3 is 11.1 Å². The maximum Gasteiger partial charge on any atom is 0.128 e. The lowest BCUT2D eigenvalue weighted by atomic mass is 9.77. The Morgan fingerprint density at radius 3 is 2.52 bits per heavy atom. The Morgan fingerprint density at radius 2 is 2.05 bits per heavy atom. The summed E-state index contributed by atoms with van der Waals surface area (Å²) < 4.78 is 14.0. The fraction of sp³-hybridized carbons (Fsp3) is 0.588. The van der Waals surface area contributed by atoms with Gasteiger partial charge in [-0.05, 0) is 51.4 Å². The molecule has 0 amide bonds. The van der Waals surface area contributed by atoms with Crippen molar-refractivity contribution in [1.82, 2.24) is 4.90 Å². The summed E-state index contributed by atoms with van der Waals surface area (Å²) in [5, 5.41) is 7.88. The summed E-state index contributed by atoms with van der Waals surface area (Å²) in [6.07, 6.45) is 2.01. The van der Waals surface area contributed by atoms with E-state index in [4.69, 9.17) is 11.1 Å². The number of halogens is 1. The number of hydrogen-bond donors (Lipinski definition) is 2. The summed E-state index contributed by atoms with van der Waals surface area (Å²) in [4.78, 5) is 2.34. The van der Waals surface area contributed by atoms with E-state index in [1.165, 1.54) is 0 Å². The minimum Gasteiger partial charge on any atom is -0.324 e. The van der Waals surface area contributed by atoms with Crippen molar-refractivity contribution in [3.63, 3.8) is 0 Å². The number of nitrogens with one attached hydrogen (secondary N) is 1. The van der Waals surface area contributed by atoms with Crippen LogP contribution >= 0.6 is 0 Å². The Morgan fingerprint density at radius 1 is 1.43 bits per heavy atom. The highest BCUT2D eigenvalue weighted by Crippen LogP contribution is 2.32. The van der Waals surface area contributed by atoms with Crippen molar-refractivity contribution in [2.45, 2.75) is 46.2 Å². The molecule has 0 aliphatic carbocycles. The summed E-state index contributed by atoms with van der Waals surface area (Å²) in [5.41, 5.74) is 8.12. The topological polar surface area (TPSA) is 53.1 Å². The van der Waals surface area contributed by atoms with Crippen LogP contribution in [-0.2, 0) is 6.54 Å². The molecule has 0 bridgehead atoms. The molecule has 1 aliphatic rings. The molecular weight excluding hydrogens is 265 g/mol. The van der Waals surface area contributed by atoms with Gasteiger partial charge in [-0.25, -0.2) is 4.39 Å². The van der Waals surface area contributed by atoms with Crippen LogP contribution in [0.1, 0.15) is 50.8 Å². The van der Waals surface area contributed by atoms with E-state index in [-0.39, 0.29) is 17.3 Å². The van der Waals surface area contributed by atoms with E-state index in [9.17, 15) is 4.39 Å². The zero-order valence-corrected chi connectivity index (χ0v) is 13.2. The minimum atomic E-state index is -0.273. The summed E-state index contributed by atoms with van der Waals surface area (Å²) >= 11 is 0. The van der Waals surface area contributed by atoms with Gasteiger partial charge in [0, 0.05) is 29.3 Å².